The molecule has 13 rings (SSSR count). The lowest BCUT2D eigenvalue weighted by Gasteiger charge is -2.46. The van der Waals surface area contributed by atoms with Gasteiger partial charge >= 0.3 is 0 Å². The van der Waals surface area contributed by atoms with E-state index in [9.17, 15) is 0 Å². The molecule has 7 aromatic carbocycles. The standard InChI is InChI=1S/C71H76N5O2/c1-68(2)62(73(7)58-38-34-48-24-11-13-28-52(48)64(58)68)40-36-50-26-23-27-51(37-41-63-69(3,4)65-53-29-14-12-25-49(53)35-39-59(65)74(63)8)67(50)77-45-22-10-21-44-76-57-33-18-17-32-56(57)70(5,6)71(76)47-72-66-55-31-16-15-30-54(55)60(46-61(66)78-71)75-42-19-9-20-43-75/h11-18,24-25,28-41,46-47H,9-10,19-23,26-27,42-45H2,1-8H3/q+1. The molecule has 1 atom stereocenters. The normalized spacial score (nSPS) is 21.9. The molecule has 5 aliphatic heterocycles. The number of hydrogen-bond donors (Lipinski definition) is 0. The molecular weight excluding hydrogens is 955 g/mol. The van der Waals surface area contributed by atoms with Crippen molar-refractivity contribution >= 4 is 72.7 Å². The maximum absolute atomic E-state index is 7.54. The van der Waals surface area contributed by atoms with E-state index in [2.05, 4.69) is 233 Å². The van der Waals surface area contributed by atoms with Gasteiger partial charge in [-0.25, -0.2) is 0 Å². The van der Waals surface area contributed by atoms with Crippen molar-refractivity contribution in [2.24, 2.45) is 4.99 Å². The molecule has 1 unspecified atom stereocenters. The van der Waals surface area contributed by atoms with Crippen LogP contribution in [0.1, 0.15) is 116 Å². The lowest BCUT2D eigenvalue weighted by molar-refractivity contribution is -0.401. The predicted molar refractivity (Wildman–Crippen MR) is 328 cm³/mol. The highest BCUT2D eigenvalue weighted by molar-refractivity contribution is 6.08. The van der Waals surface area contributed by atoms with Crippen LogP contribution in [0.5, 0.6) is 5.75 Å². The Balaban J connectivity index is 0.786. The fraction of sp³-hybridized carbons (Fsp3) is 0.352. The summed E-state index contributed by atoms with van der Waals surface area (Å²) in [4.78, 5) is 12.9. The second-order valence-electron chi connectivity index (χ2n) is 24.5. The quantitative estimate of drug-likeness (QED) is 0.0954. The van der Waals surface area contributed by atoms with Crippen LogP contribution in [0.25, 0.3) is 32.3 Å². The van der Waals surface area contributed by atoms with Crippen molar-refractivity contribution < 1.29 is 14.0 Å². The minimum atomic E-state index is -0.783. The molecule has 0 radical (unpaired) electrons. The highest BCUT2D eigenvalue weighted by Gasteiger charge is 2.59. The zero-order chi connectivity index (χ0) is 53.6. The average molecular weight is 1030 g/mol. The van der Waals surface area contributed by atoms with Gasteiger partial charge in [0.25, 0.3) is 0 Å². The minimum absolute atomic E-state index is 0.176. The molecule has 0 N–H and O–H groups in total. The Kier molecular flexibility index (Phi) is 12.4. The average Bonchev–Trinajstić information content (AvgIpc) is 3.99. The van der Waals surface area contributed by atoms with Crippen molar-refractivity contribution in [2.45, 2.75) is 121 Å². The number of anilines is 3. The molecule has 0 aromatic heterocycles. The van der Waals surface area contributed by atoms with E-state index < -0.39 is 5.72 Å². The fourth-order valence-electron chi connectivity index (χ4n) is 14.8. The highest BCUT2D eigenvalue weighted by Crippen LogP contribution is 2.56. The molecule has 78 heavy (non-hydrogen) atoms. The van der Waals surface area contributed by atoms with Gasteiger partial charge in [-0.2, -0.15) is 4.58 Å². The Labute approximate surface area is 462 Å². The minimum Gasteiger partial charge on any atom is -0.493 e. The number of aliphatic imine (C=N–C) groups is 1. The van der Waals surface area contributed by atoms with Crippen LogP contribution in [-0.4, -0.2) is 62.6 Å². The van der Waals surface area contributed by atoms with Crippen LogP contribution in [0.3, 0.4) is 0 Å². The van der Waals surface area contributed by atoms with Gasteiger partial charge in [-0.15, -0.1) is 0 Å². The molecule has 0 amide bonds. The summed E-state index contributed by atoms with van der Waals surface area (Å²) < 4.78 is 17.1. The number of likely N-dealkylation sites (N-methyl/N-ethyl adjacent to an activating group) is 1. The van der Waals surface area contributed by atoms with Crippen molar-refractivity contribution in [3.63, 3.8) is 0 Å². The van der Waals surface area contributed by atoms with E-state index in [-0.39, 0.29) is 16.2 Å². The predicted octanol–water partition coefficient (Wildman–Crippen LogP) is 16.9. The van der Waals surface area contributed by atoms with Crippen molar-refractivity contribution in [2.75, 3.05) is 55.0 Å². The first kappa shape index (κ1) is 50.1. The smallest absolute Gasteiger partial charge is 0.228 e. The van der Waals surface area contributed by atoms with Crippen LogP contribution >= 0.6 is 0 Å². The molecule has 6 aliphatic rings. The molecule has 396 valence electrons. The number of nitrogens with zero attached hydrogens (tertiary/aromatic N) is 5. The van der Waals surface area contributed by atoms with Crippen LogP contribution in [0.4, 0.5) is 28.4 Å². The number of piperidine rings is 1. The van der Waals surface area contributed by atoms with Gasteiger partial charge in [0, 0.05) is 89.4 Å². The van der Waals surface area contributed by atoms with Crippen LogP contribution < -0.4 is 19.4 Å². The lowest BCUT2D eigenvalue weighted by Crippen LogP contribution is -2.62. The van der Waals surface area contributed by atoms with Crippen molar-refractivity contribution in [1.82, 2.24) is 0 Å². The topological polar surface area (TPSA) is 43.5 Å². The summed E-state index contributed by atoms with van der Waals surface area (Å²) in [5.74, 6) is 1.93. The van der Waals surface area contributed by atoms with Gasteiger partial charge in [-0.3, -0.25) is 4.99 Å². The van der Waals surface area contributed by atoms with Gasteiger partial charge in [0.15, 0.2) is 11.5 Å². The van der Waals surface area contributed by atoms with Gasteiger partial charge in [-0.05, 0) is 160 Å². The number of unbranched alkanes of at least 4 members (excludes halogenated alkanes) is 2. The van der Waals surface area contributed by atoms with Gasteiger partial charge < -0.3 is 24.2 Å². The number of rotatable bonds is 11. The molecule has 0 saturated carbocycles. The first-order valence-corrected chi connectivity index (χ1v) is 29.1. The first-order chi connectivity index (χ1) is 37.8. The molecule has 5 heterocycles. The van der Waals surface area contributed by atoms with Crippen molar-refractivity contribution in [3.8, 4) is 5.75 Å². The van der Waals surface area contributed by atoms with Crippen LogP contribution in [0.15, 0.2) is 179 Å². The molecule has 7 aromatic rings. The fourth-order valence-corrected chi connectivity index (χ4v) is 14.8. The second kappa shape index (κ2) is 19.2. The molecule has 7 nitrogen and oxygen atoms in total. The summed E-state index contributed by atoms with van der Waals surface area (Å²) in [5.41, 5.74) is 13.8. The van der Waals surface area contributed by atoms with Gasteiger partial charge in [0.05, 0.1) is 23.7 Å². The maximum Gasteiger partial charge on any atom is 0.228 e. The summed E-state index contributed by atoms with van der Waals surface area (Å²) in [5, 5.41) is 7.65. The molecule has 0 bridgehead atoms. The third-order valence-corrected chi connectivity index (χ3v) is 18.9. The monoisotopic (exact) mass is 1030 g/mol. The number of hydrogen-bond acceptors (Lipinski definition) is 6. The van der Waals surface area contributed by atoms with Gasteiger partial charge in [-0.1, -0.05) is 117 Å². The second-order valence-corrected chi connectivity index (χ2v) is 24.5. The summed E-state index contributed by atoms with van der Waals surface area (Å²) >= 11 is 0. The van der Waals surface area contributed by atoms with E-state index in [1.54, 1.807) is 0 Å². The van der Waals surface area contributed by atoms with Crippen molar-refractivity contribution in [1.29, 1.82) is 0 Å². The third-order valence-electron chi connectivity index (χ3n) is 18.9. The summed E-state index contributed by atoms with van der Waals surface area (Å²) in [6, 6.07) is 46.8. The Bertz CT molecular complexity index is 3770. The summed E-state index contributed by atoms with van der Waals surface area (Å²) in [7, 11) is 4.47. The largest absolute Gasteiger partial charge is 0.493 e. The number of allylic oxidation sites excluding steroid dienone is 7. The van der Waals surface area contributed by atoms with Gasteiger partial charge in [0.2, 0.25) is 11.4 Å². The van der Waals surface area contributed by atoms with E-state index >= 15 is 0 Å². The van der Waals surface area contributed by atoms with E-state index in [1.807, 2.05) is 0 Å². The van der Waals surface area contributed by atoms with Crippen LogP contribution in [-0.2, 0) is 21.0 Å². The summed E-state index contributed by atoms with van der Waals surface area (Å²) in [6.07, 6.45) is 21.4. The van der Waals surface area contributed by atoms with Crippen LogP contribution in [0.2, 0.25) is 0 Å². The third kappa shape index (κ3) is 7.87. The molecule has 1 saturated heterocycles. The Morgan fingerprint density at radius 2 is 1.33 bits per heavy atom. The zero-order valence-corrected chi connectivity index (χ0v) is 47.3. The molecule has 1 fully saturated rings. The van der Waals surface area contributed by atoms with E-state index in [0.29, 0.717) is 6.61 Å². The van der Waals surface area contributed by atoms with Crippen molar-refractivity contribution in [3.05, 3.63) is 191 Å². The number of para-hydroxylation sites is 1. The van der Waals surface area contributed by atoms with Gasteiger partial charge in [0.1, 0.15) is 18.5 Å². The zero-order valence-electron chi connectivity index (χ0n) is 47.3. The lowest BCUT2D eigenvalue weighted by atomic mass is 9.77. The van der Waals surface area contributed by atoms with E-state index in [4.69, 9.17) is 14.5 Å². The van der Waals surface area contributed by atoms with E-state index in [0.717, 1.165) is 80.7 Å². The first-order valence-electron chi connectivity index (χ1n) is 29.1. The molecule has 1 spiro atoms. The Morgan fingerprint density at radius 1 is 0.641 bits per heavy atom. The Hall–Kier alpha value is -7.38. The van der Waals surface area contributed by atoms with Crippen LogP contribution in [0, 0.1) is 0 Å². The molecule has 1 aliphatic carbocycles. The number of ether oxygens (including phenoxy) is 2. The SMILES string of the molecule is CN1/C(=C/C=C2\CCCC(/C=C/C3=[N+](C)c4ccc5ccccc5c4C3(C)C)=C2OCCCCCN2c3ccccc3C(C)(C)C23C=Nc2c(cc(N4CCCCC4)c4ccccc24)O3)C(C)(C)c2c1ccc1ccccc21. The molecular formula is C71H76N5O2+. The van der Waals surface area contributed by atoms with E-state index in [1.165, 1.54) is 108 Å². The number of benzene rings is 7. The highest BCUT2D eigenvalue weighted by atomic mass is 16.5. The summed E-state index contributed by atoms with van der Waals surface area (Å²) in [6.45, 7) is 17.8. The molecule has 7 heteroatoms. The maximum atomic E-state index is 7.54. The number of fused-ring (bicyclic) bond motifs is 10. The Morgan fingerprint density at radius 3 is 2.12 bits per heavy atom.